The van der Waals surface area contributed by atoms with Crippen LogP contribution in [0.5, 0.6) is 0 Å². The van der Waals surface area contributed by atoms with Gasteiger partial charge in [-0.05, 0) is 37.5 Å². The highest BCUT2D eigenvalue weighted by molar-refractivity contribution is 7.47. The summed E-state index contributed by atoms with van der Waals surface area (Å²) in [6, 6.07) is 0. The van der Waals surface area contributed by atoms with E-state index in [9.17, 15) is 43.2 Å². The number of phosphoric ester groups is 2. The van der Waals surface area contributed by atoms with E-state index in [4.69, 9.17) is 37.0 Å². The van der Waals surface area contributed by atoms with Gasteiger partial charge in [-0.15, -0.1) is 0 Å². The molecule has 19 heteroatoms. The number of esters is 4. The van der Waals surface area contributed by atoms with Gasteiger partial charge in [-0.1, -0.05) is 375 Å². The minimum atomic E-state index is -4.96. The molecular formula is C81H158O17P2. The zero-order chi connectivity index (χ0) is 73.5. The number of carbonyl (C=O) groups excluding carboxylic acids is 4. The lowest BCUT2D eigenvalue weighted by molar-refractivity contribution is -0.161. The predicted molar refractivity (Wildman–Crippen MR) is 409 cm³/mol. The van der Waals surface area contributed by atoms with Crippen LogP contribution in [-0.2, 0) is 65.4 Å². The third-order valence-electron chi connectivity index (χ3n) is 19.3. The smallest absolute Gasteiger partial charge is 0.462 e. The molecule has 6 atom stereocenters. The van der Waals surface area contributed by atoms with Crippen molar-refractivity contribution in [2.24, 2.45) is 11.8 Å². The summed E-state index contributed by atoms with van der Waals surface area (Å²) in [6.07, 6.45) is 62.4. The number of unbranched alkanes of at least 4 members (excludes halogenated alkanes) is 49. The summed E-state index contributed by atoms with van der Waals surface area (Å²) in [6.45, 7) is 9.69. The molecule has 0 radical (unpaired) electrons. The first-order valence-electron chi connectivity index (χ1n) is 42.0. The molecule has 100 heavy (non-hydrogen) atoms. The van der Waals surface area contributed by atoms with Gasteiger partial charge < -0.3 is 33.8 Å². The van der Waals surface area contributed by atoms with Crippen LogP contribution in [0.2, 0.25) is 0 Å². The molecule has 3 unspecified atom stereocenters. The molecule has 0 aromatic carbocycles. The first kappa shape index (κ1) is 98.1. The van der Waals surface area contributed by atoms with Crippen molar-refractivity contribution >= 4 is 39.5 Å². The van der Waals surface area contributed by atoms with Gasteiger partial charge in [-0.25, -0.2) is 9.13 Å². The monoisotopic (exact) mass is 1470 g/mol. The summed E-state index contributed by atoms with van der Waals surface area (Å²) in [5.41, 5.74) is 0. The number of hydrogen-bond donors (Lipinski definition) is 3. The molecule has 0 aliphatic carbocycles. The molecular weight excluding hydrogens is 1310 g/mol. The Morgan fingerprint density at radius 3 is 0.760 bits per heavy atom. The Labute approximate surface area is 613 Å². The predicted octanol–water partition coefficient (Wildman–Crippen LogP) is 24.3. The highest BCUT2D eigenvalue weighted by Gasteiger charge is 2.30. The first-order valence-corrected chi connectivity index (χ1v) is 45.0. The molecule has 0 heterocycles. The lowest BCUT2D eigenvalue weighted by Gasteiger charge is -2.21. The van der Waals surface area contributed by atoms with Crippen LogP contribution < -0.4 is 0 Å². The first-order chi connectivity index (χ1) is 48.4. The molecule has 0 spiro atoms. The molecule has 0 fully saturated rings. The van der Waals surface area contributed by atoms with Gasteiger partial charge in [0.15, 0.2) is 12.2 Å². The third-order valence-corrected chi connectivity index (χ3v) is 21.2. The highest BCUT2D eigenvalue weighted by atomic mass is 31.2. The molecule has 0 aromatic heterocycles. The Morgan fingerprint density at radius 2 is 0.510 bits per heavy atom. The van der Waals surface area contributed by atoms with Crippen LogP contribution in [0.15, 0.2) is 0 Å². The summed E-state index contributed by atoms with van der Waals surface area (Å²) >= 11 is 0. The fourth-order valence-electron chi connectivity index (χ4n) is 12.5. The Bertz CT molecular complexity index is 1930. The van der Waals surface area contributed by atoms with E-state index in [0.29, 0.717) is 25.7 Å². The van der Waals surface area contributed by atoms with Gasteiger partial charge in [0, 0.05) is 25.7 Å². The van der Waals surface area contributed by atoms with E-state index in [1.807, 2.05) is 0 Å². The van der Waals surface area contributed by atoms with Gasteiger partial charge in [0.25, 0.3) is 0 Å². The molecule has 3 N–H and O–H groups in total. The normalized spacial score (nSPS) is 14.2. The van der Waals surface area contributed by atoms with Crippen LogP contribution in [0, 0.1) is 11.8 Å². The molecule has 0 amide bonds. The maximum Gasteiger partial charge on any atom is 0.472 e. The summed E-state index contributed by atoms with van der Waals surface area (Å²) in [7, 11) is -9.91. The van der Waals surface area contributed by atoms with Gasteiger partial charge in [0.05, 0.1) is 26.4 Å². The van der Waals surface area contributed by atoms with Crippen LogP contribution in [0.3, 0.4) is 0 Å². The van der Waals surface area contributed by atoms with Crippen LogP contribution >= 0.6 is 15.6 Å². The number of aliphatic hydroxyl groups is 1. The summed E-state index contributed by atoms with van der Waals surface area (Å²) in [5.74, 6) is -0.458. The minimum absolute atomic E-state index is 0.108. The Hall–Kier alpha value is -1.94. The van der Waals surface area contributed by atoms with Crippen molar-refractivity contribution in [1.29, 1.82) is 0 Å². The lowest BCUT2D eigenvalue weighted by Crippen LogP contribution is -2.30. The molecule has 0 saturated carbocycles. The Balaban J connectivity index is 5.18. The summed E-state index contributed by atoms with van der Waals surface area (Å²) in [5, 5.41) is 10.6. The highest BCUT2D eigenvalue weighted by Crippen LogP contribution is 2.45. The Kier molecular flexibility index (Phi) is 71.2. The summed E-state index contributed by atoms with van der Waals surface area (Å²) in [4.78, 5) is 72.9. The van der Waals surface area contributed by atoms with E-state index in [2.05, 4.69) is 41.5 Å². The zero-order valence-corrected chi connectivity index (χ0v) is 67.3. The number of carbonyl (C=O) groups is 4. The van der Waals surface area contributed by atoms with Crippen molar-refractivity contribution in [2.45, 2.75) is 445 Å². The third kappa shape index (κ3) is 73.0. The molecule has 0 aromatic rings. The maximum atomic E-state index is 13.1. The van der Waals surface area contributed by atoms with Crippen LogP contribution in [-0.4, -0.2) is 96.7 Å². The van der Waals surface area contributed by atoms with Crippen molar-refractivity contribution in [3.05, 3.63) is 0 Å². The molecule has 0 aliphatic heterocycles. The van der Waals surface area contributed by atoms with E-state index in [0.717, 1.165) is 108 Å². The molecule has 17 nitrogen and oxygen atoms in total. The fraction of sp³-hybridized carbons (Fsp3) is 0.951. The number of phosphoric acid groups is 2. The van der Waals surface area contributed by atoms with E-state index in [1.54, 1.807) is 0 Å². The van der Waals surface area contributed by atoms with E-state index >= 15 is 0 Å². The summed E-state index contributed by atoms with van der Waals surface area (Å²) < 4.78 is 68.6. The average Bonchev–Trinajstić information content (AvgIpc) is 0.912. The van der Waals surface area contributed by atoms with Crippen LogP contribution in [0.25, 0.3) is 0 Å². The van der Waals surface area contributed by atoms with Crippen molar-refractivity contribution in [2.75, 3.05) is 39.6 Å². The van der Waals surface area contributed by atoms with Gasteiger partial charge in [-0.3, -0.25) is 37.3 Å². The van der Waals surface area contributed by atoms with Gasteiger partial charge in [0.1, 0.15) is 19.3 Å². The topological polar surface area (TPSA) is 237 Å². The molecule has 0 saturated heterocycles. The lowest BCUT2D eigenvalue weighted by atomic mass is 9.99. The molecule has 0 aliphatic rings. The second-order valence-electron chi connectivity index (χ2n) is 29.9. The number of aliphatic hydroxyl groups excluding tert-OH is 1. The van der Waals surface area contributed by atoms with Gasteiger partial charge in [-0.2, -0.15) is 0 Å². The Morgan fingerprint density at radius 1 is 0.290 bits per heavy atom. The second kappa shape index (κ2) is 72.6. The standard InChI is InChI=1S/C81H158O17P2/c1-7-10-12-14-16-18-19-20-25-29-36-41-47-53-59-65-80(85)97-76(69-91-78(83)63-57-51-45-17-15-13-11-8-2)71-95-99(87,88)93-67-75(82)68-94-100(89,90)96-72-77(70-92-79(84)64-58-52-46-40-35-32-31-33-38-43-49-55-61-73(4)5)98-81(86)66-60-54-48-42-37-30-27-24-22-21-23-26-28-34-39-44-50-56-62-74(6)9-3/h73-77,82H,7-72H2,1-6H3,(H,87,88)(H,89,90)/t74?,75-,76+,77+/m0/s1. The molecule has 0 rings (SSSR count). The van der Waals surface area contributed by atoms with E-state index < -0.39 is 97.5 Å². The quantitative estimate of drug-likeness (QED) is 0.0222. The fourth-order valence-corrected chi connectivity index (χ4v) is 14.1. The van der Waals surface area contributed by atoms with E-state index in [-0.39, 0.29) is 25.7 Å². The zero-order valence-electron chi connectivity index (χ0n) is 65.5. The number of rotatable bonds is 80. The van der Waals surface area contributed by atoms with Crippen molar-refractivity contribution in [3.63, 3.8) is 0 Å². The number of hydrogen-bond acceptors (Lipinski definition) is 15. The molecule has 594 valence electrons. The minimum Gasteiger partial charge on any atom is -0.462 e. The van der Waals surface area contributed by atoms with Gasteiger partial charge >= 0.3 is 39.5 Å². The largest absolute Gasteiger partial charge is 0.472 e. The maximum absolute atomic E-state index is 13.1. The van der Waals surface area contributed by atoms with Crippen LogP contribution in [0.4, 0.5) is 0 Å². The van der Waals surface area contributed by atoms with Gasteiger partial charge in [0.2, 0.25) is 0 Å². The molecule has 0 bridgehead atoms. The SMILES string of the molecule is CCCCCCCCCCCCCCCCCC(=O)O[C@H](COC(=O)CCCCCCCCCC)COP(=O)(O)OC[C@H](O)COP(=O)(O)OC[C@@H](COC(=O)CCCCCCCCCCCCCCC(C)C)OC(=O)CCCCCCCCCCCCCCCCCCCCC(C)CC. The van der Waals surface area contributed by atoms with Crippen molar-refractivity contribution in [1.82, 2.24) is 0 Å². The van der Waals surface area contributed by atoms with Crippen molar-refractivity contribution < 1.29 is 80.2 Å². The van der Waals surface area contributed by atoms with Crippen LogP contribution in [0.1, 0.15) is 427 Å². The average molecular weight is 1470 g/mol. The van der Waals surface area contributed by atoms with E-state index in [1.165, 1.54) is 238 Å². The second-order valence-corrected chi connectivity index (χ2v) is 32.8. The number of ether oxygens (including phenoxy) is 4. The van der Waals surface area contributed by atoms with Crippen molar-refractivity contribution in [3.8, 4) is 0 Å².